The molecule has 3 nitrogen and oxygen atoms in total. The molecule has 0 aromatic carbocycles. The van der Waals surface area contributed by atoms with Crippen molar-refractivity contribution in [3.05, 3.63) is 0 Å². The minimum Gasteiger partial charge on any atom is -0.341 e. The molecule has 0 heterocycles. The molecule has 0 rings (SSSR count). The summed E-state index contributed by atoms with van der Waals surface area (Å²) in [5, 5.41) is 0. The van der Waals surface area contributed by atoms with Crippen LogP contribution in [0.3, 0.4) is 0 Å². The Morgan fingerprint density at radius 2 is 1.60 bits per heavy atom. The Hall–Kier alpha value is -0.280. The zero-order chi connectivity index (χ0) is 11.1. The Balaban J connectivity index is 0. The van der Waals surface area contributed by atoms with Gasteiger partial charge in [-0.1, -0.05) is 27.7 Å². The second-order valence-corrected chi connectivity index (χ2v) is 4.10. The molecule has 1 unspecified atom stereocenters. The van der Waals surface area contributed by atoms with Crippen LogP contribution >= 0.6 is 12.4 Å². The van der Waals surface area contributed by atoms with E-state index < -0.39 is 0 Å². The molecule has 15 heavy (non-hydrogen) atoms. The van der Waals surface area contributed by atoms with Gasteiger partial charge in [0.15, 0.2) is 0 Å². The maximum Gasteiger partial charge on any atom is 0.239 e. The number of amides is 1. The zero-order valence-electron chi connectivity index (χ0n) is 10.3. The van der Waals surface area contributed by atoms with Gasteiger partial charge in [0.1, 0.15) is 0 Å². The van der Waals surface area contributed by atoms with Gasteiger partial charge in [0.05, 0.1) is 6.04 Å². The van der Waals surface area contributed by atoms with Gasteiger partial charge in [0.2, 0.25) is 5.91 Å². The Labute approximate surface area is 99.8 Å². The molecule has 92 valence electrons. The molecule has 0 saturated heterocycles. The Morgan fingerprint density at radius 3 is 1.87 bits per heavy atom. The van der Waals surface area contributed by atoms with Gasteiger partial charge >= 0.3 is 0 Å². The molecule has 0 aromatic heterocycles. The molecule has 4 heteroatoms. The van der Waals surface area contributed by atoms with Crippen LogP contribution in [0.5, 0.6) is 0 Å². The van der Waals surface area contributed by atoms with Crippen molar-refractivity contribution < 1.29 is 4.79 Å². The predicted molar refractivity (Wildman–Crippen MR) is 67.2 cm³/mol. The first-order valence-corrected chi connectivity index (χ1v) is 5.58. The second-order valence-electron chi connectivity index (χ2n) is 4.10. The molecule has 0 aliphatic carbocycles. The third-order valence-electron chi connectivity index (χ3n) is 2.30. The van der Waals surface area contributed by atoms with Gasteiger partial charge in [-0.3, -0.25) is 4.79 Å². The third-order valence-corrected chi connectivity index (χ3v) is 2.30. The number of nitrogens with zero attached hydrogens (tertiary/aromatic N) is 1. The molecule has 0 bridgehead atoms. The first-order chi connectivity index (χ1) is 6.54. The molecule has 1 amide bonds. The van der Waals surface area contributed by atoms with Crippen LogP contribution in [0.25, 0.3) is 0 Å². The van der Waals surface area contributed by atoms with E-state index in [1.165, 1.54) is 0 Å². The largest absolute Gasteiger partial charge is 0.341 e. The van der Waals surface area contributed by atoms with Gasteiger partial charge in [-0.15, -0.1) is 12.4 Å². The summed E-state index contributed by atoms with van der Waals surface area (Å²) in [6.07, 6.45) is 1.99. The molecule has 0 fully saturated rings. The minimum atomic E-state index is -0.340. The lowest BCUT2D eigenvalue weighted by Crippen LogP contribution is -2.47. The molecular formula is C11H25ClN2O. The van der Waals surface area contributed by atoms with Gasteiger partial charge in [-0.05, 0) is 18.8 Å². The highest BCUT2D eigenvalue weighted by molar-refractivity contribution is 5.85. The monoisotopic (exact) mass is 236 g/mol. The minimum absolute atomic E-state index is 0. The smallest absolute Gasteiger partial charge is 0.239 e. The molecule has 0 spiro atoms. The van der Waals surface area contributed by atoms with Crippen LogP contribution in [0.2, 0.25) is 0 Å². The lowest BCUT2D eigenvalue weighted by molar-refractivity contribution is -0.133. The highest BCUT2D eigenvalue weighted by atomic mass is 35.5. The van der Waals surface area contributed by atoms with Crippen LogP contribution in [0.1, 0.15) is 40.5 Å². The summed E-state index contributed by atoms with van der Waals surface area (Å²) in [6, 6.07) is -0.340. The van der Waals surface area contributed by atoms with Crippen LogP contribution in [-0.4, -0.2) is 29.9 Å². The Kier molecular flexibility index (Phi) is 10.3. The van der Waals surface area contributed by atoms with E-state index in [1.807, 2.05) is 18.7 Å². The van der Waals surface area contributed by atoms with Crippen molar-refractivity contribution >= 4 is 18.3 Å². The van der Waals surface area contributed by atoms with Crippen LogP contribution in [0.15, 0.2) is 0 Å². The summed E-state index contributed by atoms with van der Waals surface area (Å²) in [5.41, 5.74) is 5.83. The number of hydrogen-bond acceptors (Lipinski definition) is 2. The fraction of sp³-hybridized carbons (Fsp3) is 0.909. The van der Waals surface area contributed by atoms with Crippen molar-refractivity contribution in [1.82, 2.24) is 4.90 Å². The quantitative estimate of drug-likeness (QED) is 0.767. The third kappa shape index (κ3) is 6.00. The molecule has 1 atom stereocenters. The summed E-state index contributed by atoms with van der Waals surface area (Å²) in [6.45, 7) is 9.78. The van der Waals surface area contributed by atoms with Crippen molar-refractivity contribution in [1.29, 1.82) is 0 Å². The Bertz CT molecular complexity index is 168. The van der Waals surface area contributed by atoms with Crippen molar-refractivity contribution in [3.63, 3.8) is 0 Å². The van der Waals surface area contributed by atoms with Crippen LogP contribution < -0.4 is 5.73 Å². The average Bonchev–Trinajstić information content (AvgIpc) is 2.15. The zero-order valence-corrected chi connectivity index (χ0v) is 11.1. The van der Waals surface area contributed by atoms with E-state index in [-0.39, 0.29) is 30.3 Å². The maximum absolute atomic E-state index is 11.9. The van der Waals surface area contributed by atoms with Gasteiger partial charge < -0.3 is 10.6 Å². The first kappa shape index (κ1) is 17.1. The van der Waals surface area contributed by atoms with Crippen molar-refractivity contribution in [2.45, 2.75) is 46.6 Å². The van der Waals surface area contributed by atoms with E-state index in [0.717, 1.165) is 25.9 Å². The normalized spacial score (nSPS) is 12.1. The SMILES string of the molecule is CCCN(CCC)C(=O)C(N)C(C)C.Cl. The molecule has 0 aliphatic rings. The van der Waals surface area contributed by atoms with E-state index in [4.69, 9.17) is 5.73 Å². The summed E-state index contributed by atoms with van der Waals surface area (Å²) >= 11 is 0. The molecule has 0 aliphatic heterocycles. The lowest BCUT2D eigenvalue weighted by Gasteiger charge is -2.26. The van der Waals surface area contributed by atoms with Crippen LogP contribution in [-0.2, 0) is 4.79 Å². The second kappa shape index (κ2) is 8.98. The molecule has 0 aromatic rings. The number of rotatable bonds is 6. The maximum atomic E-state index is 11.9. The van der Waals surface area contributed by atoms with Gasteiger partial charge in [0.25, 0.3) is 0 Å². The number of hydrogen-bond donors (Lipinski definition) is 1. The molecule has 2 N–H and O–H groups in total. The molecular weight excluding hydrogens is 212 g/mol. The van der Waals surface area contributed by atoms with E-state index in [2.05, 4.69) is 13.8 Å². The van der Waals surface area contributed by atoms with Gasteiger partial charge in [-0.25, -0.2) is 0 Å². The van der Waals surface area contributed by atoms with Crippen LogP contribution in [0, 0.1) is 5.92 Å². The standard InChI is InChI=1S/C11H24N2O.ClH/c1-5-7-13(8-6-2)11(14)10(12)9(3)4;/h9-10H,5-8,12H2,1-4H3;1H. The number of nitrogens with two attached hydrogens (primary N) is 1. The topological polar surface area (TPSA) is 46.3 Å². The summed E-state index contributed by atoms with van der Waals surface area (Å²) in [7, 11) is 0. The summed E-state index contributed by atoms with van der Waals surface area (Å²) in [4.78, 5) is 13.7. The fourth-order valence-electron chi connectivity index (χ4n) is 1.37. The molecule has 0 radical (unpaired) electrons. The van der Waals surface area contributed by atoms with E-state index in [0.29, 0.717) is 0 Å². The van der Waals surface area contributed by atoms with Crippen LogP contribution in [0.4, 0.5) is 0 Å². The number of carbonyl (C=O) groups is 1. The number of halogens is 1. The summed E-state index contributed by atoms with van der Waals surface area (Å²) < 4.78 is 0. The Morgan fingerprint density at radius 1 is 1.20 bits per heavy atom. The average molecular weight is 237 g/mol. The van der Waals surface area contributed by atoms with E-state index in [9.17, 15) is 4.79 Å². The highest BCUT2D eigenvalue weighted by Gasteiger charge is 2.22. The lowest BCUT2D eigenvalue weighted by atomic mass is 10.0. The first-order valence-electron chi connectivity index (χ1n) is 5.58. The summed E-state index contributed by atoms with van der Waals surface area (Å²) in [5.74, 6) is 0.322. The van der Waals surface area contributed by atoms with Gasteiger partial charge in [-0.2, -0.15) is 0 Å². The predicted octanol–water partition coefficient (Wildman–Crippen LogP) is 2.04. The van der Waals surface area contributed by atoms with Crippen molar-refractivity contribution in [2.75, 3.05) is 13.1 Å². The van der Waals surface area contributed by atoms with Crippen molar-refractivity contribution in [2.24, 2.45) is 11.7 Å². The van der Waals surface area contributed by atoms with E-state index in [1.54, 1.807) is 0 Å². The number of carbonyl (C=O) groups excluding carboxylic acids is 1. The fourth-order valence-corrected chi connectivity index (χ4v) is 1.37. The van der Waals surface area contributed by atoms with E-state index >= 15 is 0 Å². The van der Waals surface area contributed by atoms with Crippen molar-refractivity contribution in [3.8, 4) is 0 Å². The van der Waals surface area contributed by atoms with Gasteiger partial charge in [0, 0.05) is 13.1 Å². The highest BCUT2D eigenvalue weighted by Crippen LogP contribution is 2.05. The molecule has 0 saturated carbocycles.